The van der Waals surface area contributed by atoms with E-state index in [4.69, 9.17) is 4.74 Å². The zero-order chi connectivity index (χ0) is 15.4. The molecule has 0 saturated carbocycles. The fourth-order valence-electron chi connectivity index (χ4n) is 3.24. The predicted molar refractivity (Wildman–Crippen MR) is 91.3 cm³/mol. The molecule has 2 aromatic rings. The number of hydrogen-bond donors (Lipinski definition) is 0. The molecule has 2 heteroatoms. The van der Waals surface area contributed by atoms with Gasteiger partial charge in [0, 0.05) is 12.6 Å². The summed E-state index contributed by atoms with van der Waals surface area (Å²) in [5.74, 6) is 1.07. The summed E-state index contributed by atoms with van der Waals surface area (Å²) in [6, 6.07) is 17.7. The molecule has 0 aromatic heterocycles. The molecule has 1 aliphatic rings. The van der Waals surface area contributed by atoms with E-state index < -0.39 is 0 Å². The van der Waals surface area contributed by atoms with Crippen LogP contribution in [0.25, 0.3) is 0 Å². The van der Waals surface area contributed by atoms with Crippen LogP contribution in [0.15, 0.2) is 48.5 Å². The van der Waals surface area contributed by atoms with Crippen molar-refractivity contribution in [1.82, 2.24) is 4.90 Å². The van der Waals surface area contributed by atoms with Crippen LogP contribution in [0.4, 0.5) is 0 Å². The second kappa shape index (κ2) is 6.97. The Bertz CT molecular complexity index is 608. The van der Waals surface area contributed by atoms with Crippen molar-refractivity contribution in [3.63, 3.8) is 0 Å². The van der Waals surface area contributed by atoms with E-state index in [9.17, 15) is 0 Å². The monoisotopic (exact) mass is 295 g/mol. The van der Waals surface area contributed by atoms with Crippen LogP contribution in [0.3, 0.4) is 0 Å². The summed E-state index contributed by atoms with van der Waals surface area (Å²) in [4.78, 5) is 2.57. The van der Waals surface area contributed by atoms with Crippen LogP contribution < -0.4 is 4.74 Å². The third kappa shape index (κ3) is 3.50. The third-order valence-corrected chi connectivity index (χ3v) is 4.36. The van der Waals surface area contributed by atoms with Crippen LogP contribution in [0.2, 0.25) is 0 Å². The molecule has 0 amide bonds. The molecule has 0 bridgehead atoms. The van der Waals surface area contributed by atoms with Gasteiger partial charge >= 0.3 is 0 Å². The molecule has 0 unspecified atom stereocenters. The average molecular weight is 295 g/mol. The maximum absolute atomic E-state index is 6.01. The molecular weight excluding hydrogens is 270 g/mol. The van der Waals surface area contributed by atoms with Gasteiger partial charge in [0.1, 0.15) is 12.4 Å². The van der Waals surface area contributed by atoms with E-state index in [-0.39, 0.29) is 0 Å². The molecule has 0 radical (unpaired) electrons. The van der Waals surface area contributed by atoms with Crippen molar-refractivity contribution >= 4 is 0 Å². The Kier molecular flexibility index (Phi) is 4.79. The van der Waals surface area contributed by atoms with Gasteiger partial charge in [0.15, 0.2) is 0 Å². The van der Waals surface area contributed by atoms with Crippen molar-refractivity contribution in [3.05, 3.63) is 65.2 Å². The van der Waals surface area contributed by atoms with Gasteiger partial charge < -0.3 is 4.74 Å². The number of benzene rings is 2. The second-order valence-electron chi connectivity index (χ2n) is 6.24. The molecule has 0 saturated heterocycles. The molecule has 2 aromatic carbocycles. The number of nitrogens with zero attached hydrogens (tertiary/aromatic N) is 1. The molecule has 116 valence electrons. The number of ether oxygens (including phenoxy) is 1. The molecule has 2 nitrogen and oxygen atoms in total. The van der Waals surface area contributed by atoms with Gasteiger partial charge in [0.05, 0.1) is 0 Å². The molecule has 3 rings (SSSR count). The molecule has 1 atom stereocenters. The summed E-state index contributed by atoms with van der Waals surface area (Å²) in [6.07, 6.45) is 2.26. The highest BCUT2D eigenvalue weighted by Crippen LogP contribution is 2.28. The van der Waals surface area contributed by atoms with Crippen LogP contribution in [-0.4, -0.2) is 24.1 Å². The maximum Gasteiger partial charge on any atom is 0.122 e. The highest BCUT2D eigenvalue weighted by atomic mass is 16.5. The van der Waals surface area contributed by atoms with Gasteiger partial charge in [-0.3, -0.25) is 4.90 Å². The molecule has 0 N–H and O–H groups in total. The van der Waals surface area contributed by atoms with Gasteiger partial charge in [0.2, 0.25) is 0 Å². The van der Waals surface area contributed by atoms with E-state index in [1.54, 1.807) is 0 Å². The molecular formula is C20H25NO. The Morgan fingerprint density at radius 1 is 1.14 bits per heavy atom. The first-order valence-electron chi connectivity index (χ1n) is 8.26. The van der Waals surface area contributed by atoms with Crippen molar-refractivity contribution in [3.8, 4) is 5.75 Å². The fourth-order valence-corrected chi connectivity index (χ4v) is 3.24. The molecule has 1 heterocycles. The second-order valence-corrected chi connectivity index (χ2v) is 6.24. The van der Waals surface area contributed by atoms with Gasteiger partial charge in [-0.05, 0) is 43.5 Å². The van der Waals surface area contributed by atoms with Gasteiger partial charge in [0.25, 0.3) is 0 Å². The molecule has 0 aliphatic carbocycles. The maximum atomic E-state index is 6.01. The van der Waals surface area contributed by atoms with E-state index in [1.807, 2.05) is 0 Å². The molecule has 22 heavy (non-hydrogen) atoms. The molecule has 0 spiro atoms. The Morgan fingerprint density at radius 2 is 1.95 bits per heavy atom. The van der Waals surface area contributed by atoms with Crippen molar-refractivity contribution in [1.29, 1.82) is 0 Å². The van der Waals surface area contributed by atoms with Gasteiger partial charge in [-0.2, -0.15) is 0 Å². The fraction of sp³-hybridized carbons (Fsp3) is 0.400. The summed E-state index contributed by atoms with van der Waals surface area (Å²) in [7, 11) is 0. The summed E-state index contributed by atoms with van der Waals surface area (Å²) >= 11 is 0. The Morgan fingerprint density at radius 3 is 2.73 bits per heavy atom. The normalized spacial score (nSPS) is 17.1. The van der Waals surface area contributed by atoms with E-state index in [1.165, 1.54) is 23.1 Å². The molecule has 0 fully saturated rings. The lowest BCUT2D eigenvalue weighted by Crippen LogP contribution is -2.43. The lowest BCUT2D eigenvalue weighted by molar-refractivity contribution is 0.113. The minimum Gasteiger partial charge on any atom is -0.492 e. The number of fused-ring (bicyclic) bond motifs is 1. The lowest BCUT2D eigenvalue weighted by atomic mass is 9.99. The van der Waals surface area contributed by atoms with Crippen LogP contribution in [-0.2, 0) is 13.0 Å². The van der Waals surface area contributed by atoms with Crippen LogP contribution in [0.5, 0.6) is 5.75 Å². The number of hydrogen-bond acceptors (Lipinski definition) is 2. The van der Waals surface area contributed by atoms with Crippen molar-refractivity contribution in [2.45, 2.75) is 39.3 Å². The lowest BCUT2D eigenvalue weighted by Gasteiger charge is -2.35. The average Bonchev–Trinajstić information content (AvgIpc) is 2.55. The van der Waals surface area contributed by atoms with Crippen molar-refractivity contribution in [2.24, 2.45) is 0 Å². The summed E-state index contributed by atoms with van der Waals surface area (Å²) < 4.78 is 6.01. The SMILES string of the molecule is CCCN(Cc1ccccc1)[C@@H]1COc2ccc(C)cc2C1. The summed E-state index contributed by atoms with van der Waals surface area (Å²) in [6.45, 7) is 7.31. The smallest absolute Gasteiger partial charge is 0.122 e. The van der Waals surface area contributed by atoms with Crippen LogP contribution >= 0.6 is 0 Å². The van der Waals surface area contributed by atoms with Gasteiger partial charge in [-0.1, -0.05) is 55.0 Å². The Hall–Kier alpha value is -1.80. The zero-order valence-electron chi connectivity index (χ0n) is 13.6. The predicted octanol–water partition coefficient (Wildman–Crippen LogP) is 4.21. The largest absolute Gasteiger partial charge is 0.492 e. The van der Waals surface area contributed by atoms with E-state index in [2.05, 4.69) is 67.3 Å². The summed E-state index contributed by atoms with van der Waals surface area (Å²) in [5.41, 5.74) is 4.05. The summed E-state index contributed by atoms with van der Waals surface area (Å²) in [5, 5.41) is 0. The van der Waals surface area contributed by atoms with Gasteiger partial charge in [-0.25, -0.2) is 0 Å². The first kappa shape index (κ1) is 15.1. The van der Waals surface area contributed by atoms with Crippen molar-refractivity contribution in [2.75, 3.05) is 13.2 Å². The van der Waals surface area contributed by atoms with E-state index in [0.29, 0.717) is 6.04 Å². The minimum atomic E-state index is 0.467. The van der Waals surface area contributed by atoms with Crippen LogP contribution in [0, 0.1) is 6.92 Å². The minimum absolute atomic E-state index is 0.467. The number of aryl methyl sites for hydroxylation is 1. The number of rotatable bonds is 5. The Balaban J connectivity index is 1.75. The zero-order valence-corrected chi connectivity index (χ0v) is 13.6. The van der Waals surface area contributed by atoms with Crippen LogP contribution in [0.1, 0.15) is 30.0 Å². The molecule has 1 aliphatic heterocycles. The first-order chi connectivity index (χ1) is 10.8. The topological polar surface area (TPSA) is 12.5 Å². The quantitative estimate of drug-likeness (QED) is 0.819. The highest BCUT2D eigenvalue weighted by molar-refractivity contribution is 5.39. The third-order valence-electron chi connectivity index (χ3n) is 4.36. The van der Waals surface area contributed by atoms with Crippen molar-refractivity contribution < 1.29 is 4.74 Å². The Labute approximate surface area is 133 Å². The standard InChI is InChI=1S/C20H25NO/c1-3-11-21(14-17-7-5-4-6-8-17)19-13-18-12-16(2)9-10-20(18)22-15-19/h4-10,12,19H,3,11,13-15H2,1-2H3/t19-/m0/s1. The first-order valence-corrected chi connectivity index (χ1v) is 8.26. The highest BCUT2D eigenvalue weighted by Gasteiger charge is 2.25. The van der Waals surface area contributed by atoms with E-state index >= 15 is 0 Å². The van der Waals surface area contributed by atoms with Gasteiger partial charge in [-0.15, -0.1) is 0 Å². The van der Waals surface area contributed by atoms with E-state index in [0.717, 1.165) is 31.9 Å².